The van der Waals surface area contributed by atoms with E-state index in [-0.39, 0.29) is 17.9 Å². The highest BCUT2D eigenvalue weighted by Gasteiger charge is 2.34. The molecule has 2 heterocycles. The molecule has 1 fully saturated rings. The fourth-order valence-electron chi connectivity index (χ4n) is 2.85. The van der Waals surface area contributed by atoms with E-state index in [9.17, 15) is 4.79 Å². The Bertz CT molecular complexity index is 590. The molecular formula is C17H30N6O2S. The van der Waals surface area contributed by atoms with E-state index in [2.05, 4.69) is 17.2 Å². The minimum absolute atomic E-state index is 0.0795. The van der Waals surface area contributed by atoms with Crippen LogP contribution in [0.5, 0.6) is 0 Å². The second-order valence-corrected chi connectivity index (χ2v) is 7.40. The molecule has 1 aromatic heterocycles. The summed E-state index contributed by atoms with van der Waals surface area (Å²) in [5.74, 6) is 6.33. The van der Waals surface area contributed by atoms with E-state index in [1.54, 1.807) is 25.0 Å². The maximum atomic E-state index is 12.8. The van der Waals surface area contributed by atoms with E-state index in [0.717, 1.165) is 24.3 Å². The molecule has 2 amide bonds. The van der Waals surface area contributed by atoms with Gasteiger partial charge in [0.2, 0.25) is 12.3 Å². The molecular weight excluding hydrogens is 352 g/mol. The van der Waals surface area contributed by atoms with Crippen LogP contribution in [-0.2, 0) is 9.59 Å². The Morgan fingerprint density at radius 2 is 2.19 bits per heavy atom. The predicted octanol–water partition coefficient (Wildman–Crippen LogP) is 0.974. The number of aromatic nitrogens is 1. The van der Waals surface area contributed by atoms with Gasteiger partial charge in [0, 0.05) is 32.0 Å². The van der Waals surface area contributed by atoms with Crippen LogP contribution >= 0.6 is 11.3 Å². The van der Waals surface area contributed by atoms with E-state index in [4.69, 9.17) is 16.4 Å². The number of hydrogen-bond donors (Lipinski definition) is 3. The third kappa shape index (κ3) is 5.99. The second-order valence-electron chi connectivity index (χ2n) is 6.52. The van der Waals surface area contributed by atoms with Gasteiger partial charge in [-0.3, -0.25) is 14.6 Å². The molecule has 0 bridgehead atoms. The molecule has 146 valence electrons. The zero-order valence-corrected chi connectivity index (χ0v) is 16.7. The largest absolute Gasteiger partial charge is 0.396 e. The maximum Gasteiger partial charge on any atom is 0.247 e. The molecule has 5 N–H and O–H groups in total. The Morgan fingerprint density at radius 1 is 1.54 bits per heavy atom. The SMILES string of the molecule is CC(C)C(C(=O)N1CCCC1C)N(N)/C=C(\N)c1cncs1.CNC=O. The van der Waals surface area contributed by atoms with Crippen molar-refractivity contribution in [1.29, 1.82) is 0 Å². The third-order valence-corrected chi connectivity index (χ3v) is 4.99. The molecule has 1 saturated heterocycles. The van der Waals surface area contributed by atoms with Crippen LogP contribution in [0.2, 0.25) is 0 Å². The Kier molecular flexibility index (Phi) is 9.08. The van der Waals surface area contributed by atoms with E-state index in [0.29, 0.717) is 12.1 Å². The van der Waals surface area contributed by atoms with Crippen molar-refractivity contribution in [3.05, 3.63) is 22.8 Å². The molecule has 0 saturated carbocycles. The number of carbonyl (C=O) groups is 2. The smallest absolute Gasteiger partial charge is 0.247 e. The van der Waals surface area contributed by atoms with Gasteiger partial charge in [0.05, 0.1) is 16.1 Å². The van der Waals surface area contributed by atoms with Gasteiger partial charge in [-0.05, 0) is 25.7 Å². The number of likely N-dealkylation sites (tertiary alicyclic amines) is 1. The summed E-state index contributed by atoms with van der Waals surface area (Å²) in [6.07, 6.45) is 6.07. The standard InChI is InChI=1S/C15H25N5OS.C2H5NO/c1-10(2)14(15(21)19-6-4-5-11(19)3)20(17)8-12(16)13-7-18-9-22-13;1-3-2-4/h7-11,14H,4-6,16-17H2,1-3H3;2H,1H3,(H,3,4)/b12-8-;. The number of carbonyl (C=O) groups excluding carboxylic acids is 2. The van der Waals surface area contributed by atoms with Crippen LogP contribution in [0.25, 0.3) is 5.70 Å². The minimum atomic E-state index is -0.410. The fraction of sp³-hybridized carbons (Fsp3) is 0.588. The Hall–Kier alpha value is -2.13. The van der Waals surface area contributed by atoms with Gasteiger partial charge in [-0.15, -0.1) is 11.3 Å². The average molecular weight is 383 g/mol. The van der Waals surface area contributed by atoms with Gasteiger partial charge in [-0.1, -0.05) is 13.8 Å². The maximum absolute atomic E-state index is 12.8. The highest BCUT2D eigenvalue weighted by Crippen LogP contribution is 2.22. The first-order valence-corrected chi connectivity index (χ1v) is 9.52. The Balaban J connectivity index is 0.000000765. The van der Waals surface area contributed by atoms with Gasteiger partial charge >= 0.3 is 0 Å². The van der Waals surface area contributed by atoms with Crippen molar-refractivity contribution in [3.63, 3.8) is 0 Å². The second kappa shape index (κ2) is 10.8. The molecule has 9 heteroatoms. The van der Waals surface area contributed by atoms with Crippen LogP contribution in [0.15, 0.2) is 17.9 Å². The molecule has 2 atom stereocenters. The lowest BCUT2D eigenvalue weighted by Gasteiger charge is -2.34. The zero-order valence-electron chi connectivity index (χ0n) is 15.9. The molecule has 0 radical (unpaired) electrons. The predicted molar refractivity (Wildman–Crippen MR) is 104 cm³/mol. The first-order chi connectivity index (χ1) is 12.3. The molecule has 2 rings (SSSR count). The molecule has 0 spiro atoms. The Morgan fingerprint density at radius 3 is 2.62 bits per heavy atom. The number of amides is 2. The average Bonchev–Trinajstić information content (AvgIpc) is 3.26. The number of thiazole rings is 1. The summed E-state index contributed by atoms with van der Waals surface area (Å²) >= 11 is 1.45. The molecule has 1 aliphatic rings. The van der Waals surface area contributed by atoms with Gasteiger partial charge in [-0.2, -0.15) is 0 Å². The Labute approximate surface area is 159 Å². The first-order valence-electron chi connectivity index (χ1n) is 8.64. The summed E-state index contributed by atoms with van der Waals surface area (Å²) in [6, 6.07) is -0.128. The van der Waals surface area contributed by atoms with Crippen molar-refractivity contribution in [1.82, 2.24) is 20.2 Å². The first kappa shape index (κ1) is 21.9. The molecule has 1 aliphatic heterocycles. The number of hydrazine groups is 1. The third-order valence-electron chi connectivity index (χ3n) is 4.16. The summed E-state index contributed by atoms with van der Waals surface area (Å²) in [5, 5.41) is 3.70. The zero-order chi connectivity index (χ0) is 19.7. The van der Waals surface area contributed by atoms with Crippen LogP contribution in [0, 0.1) is 5.92 Å². The van der Waals surface area contributed by atoms with Gasteiger partial charge in [-0.25, -0.2) is 5.84 Å². The number of nitrogens with zero attached hydrogens (tertiary/aromatic N) is 3. The highest BCUT2D eigenvalue weighted by molar-refractivity contribution is 7.10. The number of rotatable bonds is 6. The summed E-state index contributed by atoms with van der Waals surface area (Å²) in [4.78, 5) is 28.7. The van der Waals surface area contributed by atoms with Crippen molar-refractivity contribution in [2.75, 3.05) is 13.6 Å². The van der Waals surface area contributed by atoms with Crippen LogP contribution < -0.4 is 16.9 Å². The number of nitrogens with two attached hydrogens (primary N) is 2. The lowest BCUT2D eigenvalue weighted by Crippen LogP contribution is -2.53. The van der Waals surface area contributed by atoms with Crippen LogP contribution in [0.1, 0.15) is 38.5 Å². The summed E-state index contributed by atoms with van der Waals surface area (Å²) in [7, 11) is 1.56. The van der Waals surface area contributed by atoms with Crippen molar-refractivity contribution in [2.45, 2.75) is 45.7 Å². The van der Waals surface area contributed by atoms with Gasteiger partial charge in [0.15, 0.2) is 0 Å². The normalized spacial score (nSPS) is 18.2. The van der Waals surface area contributed by atoms with Crippen LogP contribution in [0.3, 0.4) is 0 Å². The van der Waals surface area contributed by atoms with E-state index in [1.807, 2.05) is 18.7 Å². The van der Waals surface area contributed by atoms with Gasteiger partial charge in [0.1, 0.15) is 6.04 Å². The van der Waals surface area contributed by atoms with Crippen molar-refractivity contribution >= 4 is 29.4 Å². The van der Waals surface area contributed by atoms with E-state index < -0.39 is 6.04 Å². The van der Waals surface area contributed by atoms with Crippen molar-refractivity contribution in [2.24, 2.45) is 17.5 Å². The highest BCUT2D eigenvalue weighted by atomic mass is 32.1. The summed E-state index contributed by atoms with van der Waals surface area (Å²) in [5.41, 5.74) is 8.29. The minimum Gasteiger partial charge on any atom is -0.396 e. The van der Waals surface area contributed by atoms with Crippen molar-refractivity contribution in [3.8, 4) is 0 Å². The lowest BCUT2D eigenvalue weighted by molar-refractivity contribution is -0.138. The van der Waals surface area contributed by atoms with Crippen LogP contribution in [0.4, 0.5) is 0 Å². The van der Waals surface area contributed by atoms with Crippen LogP contribution in [-0.4, -0.2) is 52.9 Å². The molecule has 1 aromatic rings. The van der Waals surface area contributed by atoms with E-state index >= 15 is 0 Å². The fourth-order valence-corrected chi connectivity index (χ4v) is 3.40. The molecule has 8 nitrogen and oxygen atoms in total. The number of hydrogen-bond acceptors (Lipinski definition) is 7. The summed E-state index contributed by atoms with van der Waals surface area (Å²) in [6.45, 7) is 6.90. The van der Waals surface area contributed by atoms with Gasteiger partial charge < -0.3 is 21.0 Å². The number of nitrogens with one attached hydrogen (secondary N) is 1. The van der Waals surface area contributed by atoms with Crippen molar-refractivity contribution < 1.29 is 9.59 Å². The molecule has 0 aliphatic carbocycles. The lowest BCUT2D eigenvalue weighted by atomic mass is 10.0. The summed E-state index contributed by atoms with van der Waals surface area (Å²) < 4.78 is 0. The molecule has 0 aromatic carbocycles. The van der Waals surface area contributed by atoms with Gasteiger partial charge in [0.25, 0.3) is 0 Å². The molecule has 2 unspecified atom stereocenters. The van der Waals surface area contributed by atoms with E-state index in [1.165, 1.54) is 16.3 Å². The quantitative estimate of drug-likeness (QED) is 0.383. The monoisotopic (exact) mass is 382 g/mol. The molecule has 26 heavy (non-hydrogen) atoms. The topological polar surface area (TPSA) is 118 Å².